The summed E-state index contributed by atoms with van der Waals surface area (Å²) in [6, 6.07) is 12.6. The van der Waals surface area contributed by atoms with Gasteiger partial charge in [-0.2, -0.15) is 0 Å². The number of aliphatic hydroxyl groups is 1. The van der Waals surface area contributed by atoms with Crippen LogP contribution in [0.4, 0.5) is 4.39 Å². The molecule has 1 aliphatic heterocycles. The number of amides is 1. The summed E-state index contributed by atoms with van der Waals surface area (Å²) >= 11 is 5.94. The number of halogens is 2. The Morgan fingerprint density at radius 2 is 1.96 bits per heavy atom. The third kappa shape index (κ3) is 4.74. The molecule has 4 nitrogen and oxygen atoms in total. The molecule has 2 aromatic carbocycles. The second-order valence-corrected chi connectivity index (χ2v) is 7.06. The van der Waals surface area contributed by atoms with Crippen LogP contribution in [0, 0.1) is 5.82 Å². The molecule has 0 bridgehead atoms. The van der Waals surface area contributed by atoms with Gasteiger partial charge in [-0.25, -0.2) is 4.39 Å². The SMILES string of the molecule is O=C(c1ccc(F)cc1)N1CCCC(O)(COc2cccc(Cl)c2)CC1. The van der Waals surface area contributed by atoms with Crippen molar-refractivity contribution >= 4 is 17.5 Å². The number of carbonyl (C=O) groups excluding carboxylic acids is 1. The van der Waals surface area contributed by atoms with E-state index in [1.165, 1.54) is 24.3 Å². The van der Waals surface area contributed by atoms with Crippen LogP contribution in [0.1, 0.15) is 29.6 Å². The number of hydrogen-bond donors (Lipinski definition) is 1. The van der Waals surface area contributed by atoms with Gasteiger partial charge in [0.1, 0.15) is 23.8 Å². The Labute approximate surface area is 157 Å². The van der Waals surface area contributed by atoms with Crippen molar-refractivity contribution in [3.05, 3.63) is 64.9 Å². The van der Waals surface area contributed by atoms with E-state index in [9.17, 15) is 14.3 Å². The van der Waals surface area contributed by atoms with Crippen LogP contribution in [0.2, 0.25) is 5.02 Å². The van der Waals surface area contributed by atoms with Crippen molar-refractivity contribution in [1.82, 2.24) is 4.90 Å². The molecule has 1 heterocycles. The first-order valence-corrected chi connectivity index (χ1v) is 8.99. The summed E-state index contributed by atoms with van der Waals surface area (Å²) in [6.45, 7) is 1.12. The molecule has 1 atom stereocenters. The van der Waals surface area contributed by atoms with E-state index in [1.807, 2.05) is 0 Å². The van der Waals surface area contributed by atoms with Crippen LogP contribution in [-0.4, -0.2) is 41.2 Å². The number of likely N-dealkylation sites (tertiary alicyclic amines) is 1. The summed E-state index contributed by atoms with van der Waals surface area (Å²) < 4.78 is 18.7. The van der Waals surface area contributed by atoms with Crippen LogP contribution in [0.3, 0.4) is 0 Å². The van der Waals surface area contributed by atoms with Gasteiger partial charge in [0.05, 0.1) is 0 Å². The van der Waals surface area contributed by atoms with Gasteiger partial charge in [-0.3, -0.25) is 4.79 Å². The molecule has 1 aliphatic rings. The van der Waals surface area contributed by atoms with E-state index in [-0.39, 0.29) is 18.3 Å². The van der Waals surface area contributed by atoms with E-state index in [4.69, 9.17) is 16.3 Å². The minimum absolute atomic E-state index is 0.145. The molecule has 0 radical (unpaired) electrons. The van der Waals surface area contributed by atoms with Crippen molar-refractivity contribution in [3.63, 3.8) is 0 Å². The largest absolute Gasteiger partial charge is 0.491 e. The Kier molecular flexibility index (Phi) is 5.79. The van der Waals surface area contributed by atoms with Crippen molar-refractivity contribution in [3.8, 4) is 5.75 Å². The average molecular weight is 378 g/mol. The van der Waals surface area contributed by atoms with E-state index in [0.29, 0.717) is 48.7 Å². The fourth-order valence-corrected chi connectivity index (χ4v) is 3.26. The van der Waals surface area contributed by atoms with Crippen LogP contribution in [0.15, 0.2) is 48.5 Å². The quantitative estimate of drug-likeness (QED) is 0.878. The summed E-state index contributed by atoms with van der Waals surface area (Å²) in [4.78, 5) is 14.3. The normalized spacial score (nSPS) is 20.5. The summed E-state index contributed by atoms with van der Waals surface area (Å²) in [6.07, 6.45) is 1.63. The van der Waals surface area contributed by atoms with Gasteiger partial charge in [-0.1, -0.05) is 17.7 Å². The first kappa shape index (κ1) is 18.7. The van der Waals surface area contributed by atoms with Gasteiger partial charge in [-0.05, 0) is 61.7 Å². The molecule has 1 amide bonds. The highest BCUT2D eigenvalue weighted by atomic mass is 35.5. The molecule has 0 aromatic heterocycles. The molecule has 2 aromatic rings. The number of benzene rings is 2. The maximum absolute atomic E-state index is 13.0. The first-order chi connectivity index (χ1) is 12.5. The molecule has 1 fully saturated rings. The summed E-state index contributed by atoms with van der Waals surface area (Å²) in [5.74, 6) is 0.0874. The fraction of sp³-hybridized carbons (Fsp3) is 0.350. The molecule has 3 rings (SSSR count). The Morgan fingerprint density at radius 1 is 1.19 bits per heavy atom. The van der Waals surface area contributed by atoms with Crippen LogP contribution in [-0.2, 0) is 0 Å². The smallest absolute Gasteiger partial charge is 0.253 e. The summed E-state index contributed by atoms with van der Waals surface area (Å²) in [5, 5.41) is 11.4. The fourth-order valence-electron chi connectivity index (χ4n) is 3.08. The predicted octanol–water partition coefficient (Wildman–Crippen LogP) is 3.92. The van der Waals surface area contributed by atoms with Gasteiger partial charge < -0.3 is 14.7 Å². The van der Waals surface area contributed by atoms with Crippen LogP contribution < -0.4 is 4.74 Å². The molecule has 0 aliphatic carbocycles. The van der Waals surface area contributed by atoms with Crippen LogP contribution in [0.5, 0.6) is 5.75 Å². The number of hydrogen-bond acceptors (Lipinski definition) is 3. The highest BCUT2D eigenvalue weighted by Gasteiger charge is 2.32. The zero-order chi connectivity index (χ0) is 18.6. The van der Waals surface area contributed by atoms with Gasteiger partial charge in [0.25, 0.3) is 5.91 Å². The molecular weight excluding hydrogens is 357 g/mol. The van der Waals surface area contributed by atoms with Gasteiger partial charge in [0, 0.05) is 23.7 Å². The highest BCUT2D eigenvalue weighted by Crippen LogP contribution is 2.26. The zero-order valence-electron chi connectivity index (χ0n) is 14.3. The minimum Gasteiger partial charge on any atom is -0.491 e. The molecular formula is C20H21ClFNO3. The van der Waals surface area contributed by atoms with E-state index < -0.39 is 5.60 Å². The molecule has 1 saturated heterocycles. The van der Waals surface area contributed by atoms with Crippen LogP contribution >= 0.6 is 11.6 Å². The van der Waals surface area contributed by atoms with Gasteiger partial charge in [-0.15, -0.1) is 0 Å². The lowest BCUT2D eigenvalue weighted by Crippen LogP contribution is -2.38. The molecule has 0 saturated carbocycles. The Hall–Kier alpha value is -2.11. The van der Waals surface area contributed by atoms with E-state index in [1.54, 1.807) is 29.2 Å². The van der Waals surface area contributed by atoms with E-state index in [2.05, 4.69) is 0 Å². The monoisotopic (exact) mass is 377 g/mol. The lowest BCUT2D eigenvalue weighted by molar-refractivity contribution is -0.0163. The number of nitrogens with zero attached hydrogens (tertiary/aromatic N) is 1. The number of rotatable bonds is 4. The number of carbonyl (C=O) groups is 1. The van der Waals surface area contributed by atoms with E-state index in [0.717, 1.165) is 0 Å². The van der Waals surface area contributed by atoms with Gasteiger partial charge in [0.2, 0.25) is 0 Å². The standard InChI is InChI=1S/C20H21ClFNO3/c21-16-3-1-4-18(13-16)26-14-20(25)9-2-11-23(12-10-20)19(24)15-5-7-17(22)8-6-15/h1,3-8,13,25H,2,9-12,14H2. The van der Waals surface area contributed by atoms with Crippen molar-refractivity contribution in [2.24, 2.45) is 0 Å². The summed E-state index contributed by atoms with van der Waals surface area (Å²) in [5.41, 5.74) is -0.549. The Balaban J connectivity index is 1.59. The molecule has 1 unspecified atom stereocenters. The molecule has 138 valence electrons. The van der Waals surface area contributed by atoms with Gasteiger partial charge in [0.15, 0.2) is 0 Å². The molecule has 6 heteroatoms. The minimum atomic E-state index is -1.000. The second-order valence-electron chi connectivity index (χ2n) is 6.62. The lowest BCUT2D eigenvalue weighted by atomic mass is 9.96. The zero-order valence-corrected chi connectivity index (χ0v) is 15.1. The number of ether oxygens (including phenoxy) is 1. The second kappa shape index (κ2) is 8.06. The topological polar surface area (TPSA) is 49.8 Å². The molecule has 0 spiro atoms. The highest BCUT2D eigenvalue weighted by molar-refractivity contribution is 6.30. The van der Waals surface area contributed by atoms with Crippen molar-refractivity contribution in [1.29, 1.82) is 0 Å². The lowest BCUT2D eigenvalue weighted by Gasteiger charge is -2.27. The molecule has 26 heavy (non-hydrogen) atoms. The Bertz CT molecular complexity index is 768. The van der Waals surface area contributed by atoms with Crippen molar-refractivity contribution < 1.29 is 19.0 Å². The third-order valence-corrected chi connectivity index (χ3v) is 4.83. The van der Waals surface area contributed by atoms with Crippen LogP contribution in [0.25, 0.3) is 0 Å². The maximum atomic E-state index is 13.0. The third-order valence-electron chi connectivity index (χ3n) is 4.60. The van der Waals surface area contributed by atoms with E-state index >= 15 is 0 Å². The predicted molar refractivity (Wildman–Crippen MR) is 98.1 cm³/mol. The van der Waals surface area contributed by atoms with Crippen molar-refractivity contribution in [2.75, 3.05) is 19.7 Å². The van der Waals surface area contributed by atoms with Gasteiger partial charge >= 0.3 is 0 Å². The summed E-state index contributed by atoms with van der Waals surface area (Å²) in [7, 11) is 0. The average Bonchev–Trinajstić information content (AvgIpc) is 2.83. The Morgan fingerprint density at radius 3 is 2.69 bits per heavy atom. The first-order valence-electron chi connectivity index (χ1n) is 8.61. The van der Waals surface area contributed by atoms with Crippen molar-refractivity contribution in [2.45, 2.75) is 24.9 Å². The maximum Gasteiger partial charge on any atom is 0.253 e. The molecule has 1 N–H and O–H groups in total.